The second-order valence-electron chi connectivity index (χ2n) is 4.05. The summed E-state index contributed by atoms with van der Waals surface area (Å²) in [6.45, 7) is 2.18. The highest BCUT2D eigenvalue weighted by atomic mass is 16.5. The molecule has 2 atom stereocenters. The van der Waals surface area contributed by atoms with Crippen molar-refractivity contribution in [2.45, 2.75) is 31.9 Å². The van der Waals surface area contributed by atoms with Gasteiger partial charge in [0.15, 0.2) is 0 Å². The first kappa shape index (κ1) is 12.8. The summed E-state index contributed by atoms with van der Waals surface area (Å²) in [4.78, 5) is 22.2. The molecule has 0 aromatic carbocycles. The third kappa shape index (κ3) is 4.06. The van der Waals surface area contributed by atoms with Crippen LogP contribution < -0.4 is 10.6 Å². The van der Waals surface area contributed by atoms with Crippen LogP contribution in [0.2, 0.25) is 0 Å². The maximum atomic E-state index is 11.4. The molecule has 0 spiro atoms. The third-order valence-electron chi connectivity index (χ3n) is 2.60. The fourth-order valence-corrected chi connectivity index (χ4v) is 1.32. The van der Waals surface area contributed by atoms with Gasteiger partial charge in [0.2, 0.25) is 0 Å². The van der Waals surface area contributed by atoms with Gasteiger partial charge in [-0.25, -0.2) is 9.59 Å². The number of ether oxygens (including phenoxy) is 1. The van der Waals surface area contributed by atoms with Crippen LogP contribution in [0.4, 0.5) is 4.79 Å². The summed E-state index contributed by atoms with van der Waals surface area (Å²) in [5, 5.41) is 13.9. The zero-order valence-electron chi connectivity index (χ0n) is 9.53. The quantitative estimate of drug-likeness (QED) is 0.607. The van der Waals surface area contributed by atoms with E-state index in [1.807, 2.05) is 6.92 Å². The molecule has 1 aliphatic carbocycles. The van der Waals surface area contributed by atoms with Crippen LogP contribution in [0.3, 0.4) is 0 Å². The average Bonchev–Trinajstić information content (AvgIpc) is 3.05. The Bertz CT molecular complexity index is 266. The Morgan fingerprint density at radius 2 is 2.12 bits per heavy atom. The van der Waals surface area contributed by atoms with E-state index in [0.29, 0.717) is 6.54 Å². The van der Waals surface area contributed by atoms with Gasteiger partial charge in [-0.3, -0.25) is 0 Å². The Kier molecular flexibility index (Phi) is 4.54. The van der Waals surface area contributed by atoms with Crippen molar-refractivity contribution in [1.29, 1.82) is 0 Å². The van der Waals surface area contributed by atoms with Gasteiger partial charge in [-0.15, -0.1) is 0 Å². The van der Waals surface area contributed by atoms with E-state index >= 15 is 0 Å². The first-order valence-corrected chi connectivity index (χ1v) is 5.34. The minimum atomic E-state index is -0.975. The van der Waals surface area contributed by atoms with Gasteiger partial charge in [0.1, 0.15) is 6.04 Å². The lowest BCUT2D eigenvalue weighted by Crippen LogP contribution is -2.48. The summed E-state index contributed by atoms with van der Waals surface area (Å²) in [5.41, 5.74) is 0. The lowest BCUT2D eigenvalue weighted by molar-refractivity contribution is -0.139. The predicted molar refractivity (Wildman–Crippen MR) is 57.2 cm³/mol. The summed E-state index contributed by atoms with van der Waals surface area (Å²) in [7, 11) is 1.55. The van der Waals surface area contributed by atoms with Gasteiger partial charge in [-0.1, -0.05) is 0 Å². The summed E-state index contributed by atoms with van der Waals surface area (Å²) in [6.07, 6.45) is 1.65. The van der Waals surface area contributed by atoms with Crippen LogP contribution in [0.5, 0.6) is 0 Å². The number of rotatable bonds is 6. The molecule has 0 saturated heterocycles. The molecular weight excluding hydrogens is 212 g/mol. The van der Waals surface area contributed by atoms with Gasteiger partial charge in [0.25, 0.3) is 0 Å². The molecule has 0 radical (unpaired) electrons. The molecule has 2 amide bonds. The fraction of sp³-hybridized carbons (Fsp3) is 0.800. The first-order chi connectivity index (χ1) is 7.54. The molecule has 0 heterocycles. The van der Waals surface area contributed by atoms with Crippen LogP contribution in [0.1, 0.15) is 19.8 Å². The van der Waals surface area contributed by atoms with E-state index in [1.165, 1.54) is 0 Å². The van der Waals surface area contributed by atoms with Crippen LogP contribution in [-0.2, 0) is 9.53 Å². The topological polar surface area (TPSA) is 87.7 Å². The predicted octanol–water partition coefficient (Wildman–Crippen LogP) is 0.184. The minimum absolute atomic E-state index is 0.0862. The normalized spacial score (nSPS) is 18.6. The zero-order valence-corrected chi connectivity index (χ0v) is 9.53. The number of carbonyl (C=O) groups is 2. The molecule has 92 valence electrons. The Morgan fingerprint density at radius 3 is 2.56 bits per heavy atom. The Hall–Kier alpha value is -1.30. The molecule has 16 heavy (non-hydrogen) atoms. The average molecular weight is 230 g/mol. The van der Waals surface area contributed by atoms with Crippen LogP contribution in [-0.4, -0.2) is 42.9 Å². The van der Waals surface area contributed by atoms with Gasteiger partial charge in [0, 0.05) is 13.7 Å². The lowest BCUT2D eigenvalue weighted by atomic mass is 10.2. The largest absolute Gasteiger partial charge is 0.480 e. The standard InChI is InChI=1S/C10H18N2O4/c1-6(16-2)5-11-10(15)12-8(9(13)14)7-3-4-7/h6-8H,3-5H2,1-2H3,(H,13,14)(H2,11,12,15). The smallest absolute Gasteiger partial charge is 0.326 e. The van der Waals surface area contributed by atoms with Crippen molar-refractivity contribution >= 4 is 12.0 Å². The van der Waals surface area contributed by atoms with Gasteiger partial charge in [-0.05, 0) is 25.7 Å². The number of carboxylic acids is 1. The summed E-state index contributed by atoms with van der Waals surface area (Å²) < 4.78 is 4.95. The maximum absolute atomic E-state index is 11.4. The van der Waals surface area contributed by atoms with Crippen LogP contribution >= 0.6 is 0 Å². The van der Waals surface area contributed by atoms with E-state index in [-0.39, 0.29) is 12.0 Å². The van der Waals surface area contributed by atoms with Crippen molar-refractivity contribution < 1.29 is 19.4 Å². The number of hydrogen-bond donors (Lipinski definition) is 3. The van der Waals surface area contributed by atoms with Crippen LogP contribution in [0, 0.1) is 5.92 Å². The van der Waals surface area contributed by atoms with Crippen molar-refractivity contribution in [2.24, 2.45) is 5.92 Å². The van der Waals surface area contributed by atoms with Crippen LogP contribution in [0.25, 0.3) is 0 Å². The van der Waals surface area contributed by atoms with Gasteiger partial charge < -0.3 is 20.5 Å². The fourth-order valence-electron chi connectivity index (χ4n) is 1.32. The molecular formula is C10H18N2O4. The van der Waals surface area contributed by atoms with Crippen molar-refractivity contribution in [3.8, 4) is 0 Å². The molecule has 0 bridgehead atoms. The number of methoxy groups -OCH3 is 1. The molecule has 1 saturated carbocycles. The molecule has 6 nitrogen and oxygen atoms in total. The maximum Gasteiger partial charge on any atom is 0.326 e. The first-order valence-electron chi connectivity index (χ1n) is 5.34. The third-order valence-corrected chi connectivity index (χ3v) is 2.60. The van der Waals surface area contributed by atoms with E-state index in [0.717, 1.165) is 12.8 Å². The van der Waals surface area contributed by atoms with Gasteiger partial charge >= 0.3 is 12.0 Å². The highest BCUT2D eigenvalue weighted by Crippen LogP contribution is 2.32. The molecule has 1 fully saturated rings. The number of urea groups is 1. The highest BCUT2D eigenvalue weighted by Gasteiger charge is 2.37. The Morgan fingerprint density at radius 1 is 1.50 bits per heavy atom. The van der Waals surface area contributed by atoms with Crippen molar-refractivity contribution in [1.82, 2.24) is 10.6 Å². The molecule has 3 N–H and O–H groups in total. The minimum Gasteiger partial charge on any atom is -0.480 e. The monoisotopic (exact) mass is 230 g/mol. The number of hydrogen-bond acceptors (Lipinski definition) is 3. The highest BCUT2D eigenvalue weighted by molar-refractivity contribution is 5.83. The molecule has 6 heteroatoms. The second kappa shape index (κ2) is 5.69. The molecule has 0 aromatic heterocycles. The number of carbonyl (C=O) groups excluding carboxylic acids is 1. The summed E-state index contributed by atoms with van der Waals surface area (Å²) >= 11 is 0. The van der Waals surface area contributed by atoms with Crippen LogP contribution in [0.15, 0.2) is 0 Å². The Balaban J connectivity index is 2.28. The van der Waals surface area contributed by atoms with E-state index < -0.39 is 18.0 Å². The van der Waals surface area contributed by atoms with Gasteiger partial charge in [-0.2, -0.15) is 0 Å². The van der Waals surface area contributed by atoms with E-state index in [9.17, 15) is 9.59 Å². The summed E-state index contributed by atoms with van der Waals surface area (Å²) in [6, 6.07) is -1.22. The number of aliphatic carboxylic acids is 1. The van der Waals surface area contributed by atoms with Crippen molar-refractivity contribution in [3.63, 3.8) is 0 Å². The molecule has 1 rings (SSSR count). The summed E-state index contributed by atoms with van der Waals surface area (Å²) in [5.74, 6) is -0.888. The number of amides is 2. The van der Waals surface area contributed by atoms with Gasteiger partial charge in [0.05, 0.1) is 6.10 Å². The van der Waals surface area contributed by atoms with E-state index in [1.54, 1.807) is 7.11 Å². The zero-order chi connectivity index (χ0) is 12.1. The second-order valence-corrected chi connectivity index (χ2v) is 4.05. The molecule has 2 unspecified atom stereocenters. The SMILES string of the molecule is COC(C)CNC(=O)NC(C(=O)O)C1CC1. The molecule has 0 aliphatic heterocycles. The number of carboxylic acid groups (broad SMARTS) is 1. The Labute approximate surface area is 94.3 Å². The van der Waals surface area contributed by atoms with Crippen molar-refractivity contribution in [2.75, 3.05) is 13.7 Å². The lowest BCUT2D eigenvalue weighted by Gasteiger charge is -2.15. The molecule has 1 aliphatic rings. The van der Waals surface area contributed by atoms with E-state index in [4.69, 9.17) is 9.84 Å². The van der Waals surface area contributed by atoms with E-state index in [2.05, 4.69) is 10.6 Å². The molecule has 0 aromatic rings. The van der Waals surface area contributed by atoms with Crippen molar-refractivity contribution in [3.05, 3.63) is 0 Å². The number of nitrogens with one attached hydrogen (secondary N) is 2.